The molecule has 1 aliphatic rings. The van der Waals surface area contributed by atoms with E-state index in [1.807, 2.05) is 31.3 Å². The van der Waals surface area contributed by atoms with Gasteiger partial charge in [-0.2, -0.15) is 5.10 Å². The van der Waals surface area contributed by atoms with E-state index in [0.29, 0.717) is 12.2 Å². The van der Waals surface area contributed by atoms with E-state index in [4.69, 9.17) is 0 Å². The first-order chi connectivity index (χ1) is 9.74. The Morgan fingerprint density at radius 3 is 3.10 bits per heavy atom. The first kappa shape index (κ1) is 11.2. The summed E-state index contributed by atoms with van der Waals surface area (Å²) >= 11 is 0. The fourth-order valence-corrected chi connectivity index (χ4v) is 2.69. The third-order valence-electron chi connectivity index (χ3n) is 3.71. The minimum absolute atomic E-state index is 0.0858. The Hall–Kier alpha value is -2.69. The van der Waals surface area contributed by atoms with Crippen LogP contribution in [0.4, 0.5) is 0 Å². The number of carbonyl (C=O) groups is 1. The highest BCUT2D eigenvalue weighted by Crippen LogP contribution is 2.30. The van der Waals surface area contributed by atoms with E-state index < -0.39 is 0 Å². The van der Waals surface area contributed by atoms with Crippen molar-refractivity contribution < 1.29 is 4.79 Å². The van der Waals surface area contributed by atoms with Crippen LogP contribution in [0.1, 0.15) is 15.9 Å². The number of hydrogen-bond donors (Lipinski definition) is 1. The molecule has 0 fully saturated rings. The SMILES string of the molecule is CN1Cc2cc(-c3[nH]nc4ncccc34)ccc2C1=O. The summed E-state index contributed by atoms with van der Waals surface area (Å²) < 4.78 is 0. The van der Waals surface area contributed by atoms with E-state index in [2.05, 4.69) is 21.2 Å². The minimum atomic E-state index is 0.0858. The van der Waals surface area contributed by atoms with Gasteiger partial charge in [0.1, 0.15) is 0 Å². The number of pyridine rings is 1. The molecule has 20 heavy (non-hydrogen) atoms. The molecule has 0 atom stereocenters. The highest BCUT2D eigenvalue weighted by atomic mass is 16.2. The number of hydrogen-bond acceptors (Lipinski definition) is 3. The summed E-state index contributed by atoms with van der Waals surface area (Å²) in [5.74, 6) is 0.0858. The number of nitrogens with one attached hydrogen (secondary N) is 1. The number of aromatic nitrogens is 3. The van der Waals surface area contributed by atoms with E-state index in [1.54, 1.807) is 11.1 Å². The number of H-pyrrole nitrogens is 1. The lowest BCUT2D eigenvalue weighted by molar-refractivity contribution is 0.0816. The first-order valence-electron chi connectivity index (χ1n) is 6.42. The number of benzene rings is 1. The van der Waals surface area contributed by atoms with Crippen molar-refractivity contribution in [3.63, 3.8) is 0 Å². The van der Waals surface area contributed by atoms with Gasteiger partial charge in [-0.1, -0.05) is 6.07 Å². The van der Waals surface area contributed by atoms with Crippen molar-refractivity contribution in [1.29, 1.82) is 0 Å². The molecule has 5 nitrogen and oxygen atoms in total. The molecule has 1 aliphatic heterocycles. The minimum Gasteiger partial charge on any atom is -0.337 e. The molecule has 1 amide bonds. The Balaban J connectivity index is 1.88. The van der Waals surface area contributed by atoms with Crippen molar-refractivity contribution in [3.8, 4) is 11.3 Å². The second-order valence-corrected chi connectivity index (χ2v) is 5.01. The predicted molar refractivity (Wildman–Crippen MR) is 75.1 cm³/mol. The maximum absolute atomic E-state index is 11.9. The van der Waals surface area contributed by atoms with Crippen LogP contribution >= 0.6 is 0 Å². The standard InChI is InChI=1S/C15H12N4O/c1-19-8-10-7-9(4-5-11(10)15(19)20)13-12-3-2-6-16-14(12)18-17-13/h2-7H,8H2,1H3,(H,16,17,18). The van der Waals surface area contributed by atoms with Gasteiger partial charge in [-0.15, -0.1) is 0 Å². The number of carbonyl (C=O) groups excluding carboxylic acids is 1. The lowest BCUT2D eigenvalue weighted by atomic mass is 10.0. The Morgan fingerprint density at radius 1 is 1.30 bits per heavy atom. The third-order valence-corrected chi connectivity index (χ3v) is 3.71. The van der Waals surface area contributed by atoms with Gasteiger partial charge in [-0.3, -0.25) is 9.89 Å². The Bertz CT molecular complexity index is 837. The lowest BCUT2D eigenvalue weighted by Crippen LogP contribution is -2.17. The van der Waals surface area contributed by atoms with Crippen LogP contribution in [0.5, 0.6) is 0 Å². The van der Waals surface area contributed by atoms with E-state index in [0.717, 1.165) is 27.8 Å². The number of nitrogens with zero attached hydrogens (tertiary/aromatic N) is 3. The molecule has 3 aromatic rings. The molecule has 0 unspecified atom stereocenters. The van der Waals surface area contributed by atoms with Crippen LogP contribution in [-0.4, -0.2) is 33.0 Å². The van der Waals surface area contributed by atoms with Gasteiger partial charge in [-0.25, -0.2) is 4.98 Å². The second-order valence-electron chi connectivity index (χ2n) is 5.01. The number of fused-ring (bicyclic) bond motifs is 2. The van der Waals surface area contributed by atoms with E-state index >= 15 is 0 Å². The Kier molecular flexibility index (Phi) is 2.18. The molecule has 4 rings (SSSR count). The fourth-order valence-electron chi connectivity index (χ4n) is 2.69. The van der Waals surface area contributed by atoms with Gasteiger partial charge in [0.25, 0.3) is 5.91 Å². The number of amides is 1. The molecule has 3 heterocycles. The van der Waals surface area contributed by atoms with Crippen molar-refractivity contribution in [2.75, 3.05) is 7.05 Å². The third kappa shape index (κ3) is 1.46. The van der Waals surface area contributed by atoms with Crippen LogP contribution in [0.15, 0.2) is 36.5 Å². The van der Waals surface area contributed by atoms with Crippen LogP contribution < -0.4 is 0 Å². The van der Waals surface area contributed by atoms with Crippen LogP contribution in [0.3, 0.4) is 0 Å². The van der Waals surface area contributed by atoms with Crippen LogP contribution in [0.2, 0.25) is 0 Å². The molecule has 2 aromatic heterocycles. The van der Waals surface area contributed by atoms with Gasteiger partial charge < -0.3 is 4.90 Å². The summed E-state index contributed by atoms with van der Waals surface area (Å²) in [5, 5.41) is 8.23. The second kappa shape index (κ2) is 3.90. The molecule has 5 heteroatoms. The molecule has 0 saturated carbocycles. The quantitative estimate of drug-likeness (QED) is 0.733. The summed E-state index contributed by atoms with van der Waals surface area (Å²) in [6.07, 6.45) is 1.73. The summed E-state index contributed by atoms with van der Waals surface area (Å²) in [6, 6.07) is 9.78. The van der Waals surface area contributed by atoms with E-state index in [-0.39, 0.29) is 5.91 Å². The molecule has 0 aliphatic carbocycles. The molecule has 0 radical (unpaired) electrons. The summed E-state index contributed by atoms with van der Waals surface area (Å²) in [7, 11) is 1.82. The molecule has 0 spiro atoms. The summed E-state index contributed by atoms with van der Waals surface area (Å²) in [5.41, 5.74) is 4.52. The predicted octanol–water partition coefficient (Wildman–Crippen LogP) is 2.21. The largest absolute Gasteiger partial charge is 0.337 e. The summed E-state index contributed by atoms with van der Waals surface area (Å²) in [4.78, 5) is 17.8. The Morgan fingerprint density at radius 2 is 2.20 bits per heavy atom. The van der Waals surface area contributed by atoms with Crippen molar-refractivity contribution in [1.82, 2.24) is 20.1 Å². The van der Waals surface area contributed by atoms with E-state index in [1.165, 1.54) is 0 Å². The highest BCUT2D eigenvalue weighted by Gasteiger charge is 2.24. The smallest absolute Gasteiger partial charge is 0.254 e. The van der Waals surface area contributed by atoms with Crippen LogP contribution in [0, 0.1) is 0 Å². The molecule has 1 aromatic carbocycles. The lowest BCUT2D eigenvalue weighted by Gasteiger charge is -2.04. The Labute approximate surface area is 115 Å². The van der Waals surface area contributed by atoms with Gasteiger partial charge in [0, 0.05) is 36.3 Å². The molecular formula is C15H12N4O. The van der Waals surface area contributed by atoms with Gasteiger partial charge in [0.15, 0.2) is 5.65 Å². The zero-order valence-electron chi connectivity index (χ0n) is 10.9. The van der Waals surface area contributed by atoms with Gasteiger partial charge in [0.2, 0.25) is 0 Å². The maximum Gasteiger partial charge on any atom is 0.254 e. The fraction of sp³-hybridized carbons (Fsp3) is 0.133. The number of aromatic amines is 1. The van der Waals surface area contributed by atoms with Crippen molar-refractivity contribution in [3.05, 3.63) is 47.7 Å². The van der Waals surface area contributed by atoms with Crippen molar-refractivity contribution in [2.24, 2.45) is 0 Å². The summed E-state index contributed by atoms with van der Waals surface area (Å²) in [6.45, 7) is 0.659. The number of rotatable bonds is 1. The highest BCUT2D eigenvalue weighted by molar-refractivity contribution is 5.99. The average molecular weight is 264 g/mol. The normalized spacial score (nSPS) is 14.1. The van der Waals surface area contributed by atoms with Crippen molar-refractivity contribution in [2.45, 2.75) is 6.54 Å². The first-order valence-corrected chi connectivity index (χ1v) is 6.42. The van der Waals surface area contributed by atoms with Crippen LogP contribution in [-0.2, 0) is 6.54 Å². The van der Waals surface area contributed by atoms with Crippen LogP contribution in [0.25, 0.3) is 22.3 Å². The van der Waals surface area contributed by atoms with E-state index in [9.17, 15) is 4.79 Å². The molecule has 98 valence electrons. The topological polar surface area (TPSA) is 61.9 Å². The van der Waals surface area contributed by atoms with Gasteiger partial charge >= 0.3 is 0 Å². The zero-order valence-corrected chi connectivity index (χ0v) is 10.9. The van der Waals surface area contributed by atoms with Crippen molar-refractivity contribution >= 4 is 16.9 Å². The average Bonchev–Trinajstić information content (AvgIpc) is 3.01. The molecule has 0 bridgehead atoms. The zero-order chi connectivity index (χ0) is 13.7. The maximum atomic E-state index is 11.9. The van der Waals surface area contributed by atoms with Gasteiger partial charge in [-0.05, 0) is 29.8 Å². The molecule has 0 saturated heterocycles. The molecular weight excluding hydrogens is 252 g/mol. The monoisotopic (exact) mass is 264 g/mol. The molecule has 1 N–H and O–H groups in total. The van der Waals surface area contributed by atoms with Gasteiger partial charge in [0.05, 0.1) is 5.69 Å².